The Morgan fingerprint density at radius 2 is 2.06 bits per heavy atom. The first kappa shape index (κ1) is 11.9. The molecule has 2 rings (SSSR count). The maximum absolute atomic E-state index is 11.8. The first-order valence-corrected chi connectivity index (χ1v) is 6.81. The summed E-state index contributed by atoms with van der Waals surface area (Å²) in [6, 6.07) is 4.66. The molecule has 1 aliphatic carbocycles. The van der Waals surface area contributed by atoms with Crippen molar-refractivity contribution in [2.75, 3.05) is 4.72 Å². The van der Waals surface area contributed by atoms with Gasteiger partial charge in [-0.15, -0.1) is 0 Å². The number of sulfonamides is 1. The maximum atomic E-state index is 11.8. The van der Waals surface area contributed by atoms with Crippen molar-refractivity contribution in [3.63, 3.8) is 0 Å². The molecule has 0 aromatic heterocycles. The molecule has 0 amide bonds. The predicted molar refractivity (Wildman–Crippen MR) is 63.7 cm³/mol. The van der Waals surface area contributed by atoms with Gasteiger partial charge in [-0.3, -0.25) is 4.72 Å². The molecule has 5 nitrogen and oxygen atoms in total. The number of nitrogens with one attached hydrogen (secondary N) is 1. The highest BCUT2D eigenvalue weighted by Gasteiger charge is 2.36. The van der Waals surface area contributed by atoms with Gasteiger partial charge in [-0.1, -0.05) is 12.1 Å². The second-order valence-electron chi connectivity index (χ2n) is 4.15. The van der Waals surface area contributed by atoms with Crippen molar-refractivity contribution in [1.29, 1.82) is 0 Å². The molecule has 1 fully saturated rings. The van der Waals surface area contributed by atoms with Crippen molar-refractivity contribution in [3.05, 3.63) is 29.3 Å². The maximum Gasteiger partial charge on any atom is 0.337 e. The van der Waals surface area contributed by atoms with Crippen LogP contribution in [-0.2, 0) is 10.0 Å². The smallest absolute Gasteiger partial charge is 0.337 e. The fourth-order valence-corrected chi connectivity index (χ4v) is 3.06. The average Bonchev–Trinajstić information content (AvgIpc) is 3.03. The molecular formula is C11H13NO4S. The van der Waals surface area contributed by atoms with Crippen molar-refractivity contribution in [3.8, 4) is 0 Å². The van der Waals surface area contributed by atoms with Gasteiger partial charge in [0.2, 0.25) is 10.0 Å². The van der Waals surface area contributed by atoms with E-state index in [0.717, 1.165) is 0 Å². The SMILES string of the molecule is Cc1cccc(C(=O)O)c1NS(=O)(=O)C1CC1. The van der Waals surface area contributed by atoms with Crippen LogP contribution >= 0.6 is 0 Å². The fraction of sp³-hybridized carbons (Fsp3) is 0.364. The summed E-state index contributed by atoms with van der Waals surface area (Å²) in [6.45, 7) is 1.68. The molecule has 92 valence electrons. The lowest BCUT2D eigenvalue weighted by molar-refractivity contribution is 0.0698. The number of hydrogen-bond acceptors (Lipinski definition) is 3. The summed E-state index contributed by atoms with van der Waals surface area (Å²) in [6.07, 6.45) is 1.28. The van der Waals surface area contributed by atoms with Crippen LogP contribution in [0.1, 0.15) is 28.8 Å². The lowest BCUT2D eigenvalue weighted by Crippen LogP contribution is -2.20. The van der Waals surface area contributed by atoms with Gasteiger partial charge in [0.25, 0.3) is 0 Å². The summed E-state index contributed by atoms with van der Waals surface area (Å²) in [7, 11) is -3.43. The van der Waals surface area contributed by atoms with Crippen LogP contribution < -0.4 is 4.72 Å². The number of hydrogen-bond donors (Lipinski definition) is 2. The van der Waals surface area contributed by atoms with E-state index in [0.29, 0.717) is 18.4 Å². The number of carbonyl (C=O) groups is 1. The van der Waals surface area contributed by atoms with Gasteiger partial charge in [-0.2, -0.15) is 0 Å². The van der Waals surface area contributed by atoms with Crippen LogP contribution in [-0.4, -0.2) is 24.7 Å². The summed E-state index contributed by atoms with van der Waals surface area (Å²) in [5.74, 6) is -1.14. The van der Waals surface area contributed by atoms with E-state index in [1.807, 2.05) is 0 Å². The number of para-hydroxylation sites is 1. The highest BCUT2D eigenvalue weighted by molar-refractivity contribution is 7.93. The van der Waals surface area contributed by atoms with Crippen molar-refractivity contribution < 1.29 is 18.3 Å². The molecule has 6 heteroatoms. The summed E-state index contributed by atoms with van der Waals surface area (Å²) in [5, 5.41) is 8.63. The number of carboxylic acid groups (broad SMARTS) is 1. The van der Waals surface area contributed by atoms with E-state index in [1.54, 1.807) is 19.1 Å². The van der Waals surface area contributed by atoms with E-state index in [1.165, 1.54) is 6.07 Å². The quantitative estimate of drug-likeness (QED) is 0.856. The molecule has 0 radical (unpaired) electrons. The van der Waals surface area contributed by atoms with E-state index in [-0.39, 0.29) is 16.5 Å². The number of anilines is 1. The highest BCUT2D eigenvalue weighted by atomic mass is 32.2. The lowest BCUT2D eigenvalue weighted by Gasteiger charge is -2.12. The summed E-state index contributed by atoms with van der Waals surface area (Å²) >= 11 is 0. The second kappa shape index (κ2) is 4.03. The molecule has 0 heterocycles. The highest BCUT2D eigenvalue weighted by Crippen LogP contribution is 2.31. The van der Waals surface area contributed by atoms with Crippen molar-refractivity contribution >= 4 is 21.7 Å². The van der Waals surface area contributed by atoms with E-state index < -0.39 is 16.0 Å². The monoisotopic (exact) mass is 255 g/mol. The number of carboxylic acids is 1. The van der Waals surface area contributed by atoms with Gasteiger partial charge in [0, 0.05) is 0 Å². The largest absolute Gasteiger partial charge is 0.478 e. The summed E-state index contributed by atoms with van der Waals surface area (Å²) in [5.41, 5.74) is 0.759. The average molecular weight is 255 g/mol. The molecule has 1 aliphatic rings. The molecule has 0 saturated heterocycles. The Balaban J connectivity index is 2.41. The van der Waals surface area contributed by atoms with Gasteiger partial charge in [0.1, 0.15) is 0 Å². The Morgan fingerprint density at radius 1 is 1.41 bits per heavy atom. The van der Waals surface area contributed by atoms with Gasteiger partial charge in [-0.25, -0.2) is 13.2 Å². The minimum Gasteiger partial charge on any atom is -0.478 e. The fourth-order valence-electron chi connectivity index (χ4n) is 1.59. The Morgan fingerprint density at radius 3 is 2.59 bits per heavy atom. The van der Waals surface area contributed by atoms with Crippen LogP contribution in [0.4, 0.5) is 5.69 Å². The van der Waals surface area contributed by atoms with Crippen molar-refractivity contribution in [2.24, 2.45) is 0 Å². The molecule has 17 heavy (non-hydrogen) atoms. The molecule has 0 bridgehead atoms. The van der Waals surface area contributed by atoms with Crippen molar-refractivity contribution in [1.82, 2.24) is 0 Å². The third-order valence-electron chi connectivity index (χ3n) is 2.71. The summed E-state index contributed by atoms with van der Waals surface area (Å²) in [4.78, 5) is 11.0. The molecule has 1 aromatic rings. The standard InChI is InChI=1S/C11H13NO4S/c1-7-3-2-4-9(11(13)14)10(7)12-17(15,16)8-5-6-8/h2-4,8,12H,5-6H2,1H3,(H,13,14). The molecule has 1 aromatic carbocycles. The number of aromatic carboxylic acids is 1. The van der Waals surface area contributed by atoms with E-state index in [2.05, 4.69) is 4.72 Å². The van der Waals surface area contributed by atoms with Crippen LogP contribution in [0.25, 0.3) is 0 Å². The lowest BCUT2D eigenvalue weighted by atomic mass is 10.1. The van der Waals surface area contributed by atoms with Crippen molar-refractivity contribution in [2.45, 2.75) is 25.0 Å². The van der Waals surface area contributed by atoms with Crippen LogP contribution in [0.5, 0.6) is 0 Å². The first-order chi connectivity index (χ1) is 7.92. The first-order valence-electron chi connectivity index (χ1n) is 5.26. The summed E-state index contributed by atoms with van der Waals surface area (Å²) < 4.78 is 26.0. The normalized spacial score (nSPS) is 15.6. The Hall–Kier alpha value is -1.56. The van der Waals surface area contributed by atoms with Gasteiger partial charge in [-0.05, 0) is 31.4 Å². The predicted octanol–water partition coefficient (Wildman–Crippen LogP) is 1.60. The minimum atomic E-state index is -3.43. The van der Waals surface area contributed by atoms with Gasteiger partial charge >= 0.3 is 5.97 Å². The van der Waals surface area contributed by atoms with E-state index in [4.69, 9.17) is 5.11 Å². The zero-order valence-corrected chi connectivity index (χ0v) is 10.1. The second-order valence-corrected chi connectivity index (χ2v) is 6.11. The van der Waals surface area contributed by atoms with Gasteiger partial charge in [0.05, 0.1) is 16.5 Å². The molecule has 0 unspecified atom stereocenters. The zero-order valence-electron chi connectivity index (χ0n) is 9.30. The third kappa shape index (κ3) is 2.41. The Labute approximate surface area is 99.5 Å². The van der Waals surface area contributed by atoms with E-state index in [9.17, 15) is 13.2 Å². The molecule has 0 aliphatic heterocycles. The molecule has 0 spiro atoms. The third-order valence-corrected chi connectivity index (χ3v) is 4.55. The Bertz CT molecular complexity index is 561. The van der Waals surface area contributed by atoms with Crippen LogP contribution in [0, 0.1) is 6.92 Å². The number of benzene rings is 1. The van der Waals surface area contributed by atoms with Crippen LogP contribution in [0.15, 0.2) is 18.2 Å². The molecular weight excluding hydrogens is 242 g/mol. The zero-order chi connectivity index (χ0) is 12.6. The van der Waals surface area contributed by atoms with Gasteiger partial charge < -0.3 is 5.11 Å². The molecule has 0 atom stereocenters. The molecule has 2 N–H and O–H groups in total. The topological polar surface area (TPSA) is 83.5 Å². The number of rotatable bonds is 4. The minimum absolute atomic E-state index is 0.0192. The van der Waals surface area contributed by atoms with Crippen LogP contribution in [0.3, 0.4) is 0 Å². The van der Waals surface area contributed by atoms with Crippen LogP contribution in [0.2, 0.25) is 0 Å². The van der Waals surface area contributed by atoms with E-state index >= 15 is 0 Å². The number of aryl methyl sites for hydroxylation is 1. The molecule has 1 saturated carbocycles. The van der Waals surface area contributed by atoms with Gasteiger partial charge in [0.15, 0.2) is 0 Å². The Kier molecular flexibility index (Phi) is 2.82.